The Balaban J connectivity index is 1.42. The number of carbonyl (C=O) groups excluding carboxylic acids is 1. The van der Waals surface area contributed by atoms with Gasteiger partial charge in [0.1, 0.15) is 12.4 Å². The zero-order chi connectivity index (χ0) is 18.8. The number of nitrogens with one attached hydrogen (secondary N) is 1. The van der Waals surface area contributed by atoms with Crippen LogP contribution in [-0.4, -0.2) is 35.3 Å². The molecule has 1 atom stereocenters. The van der Waals surface area contributed by atoms with E-state index < -0.39 is 0 Å². The molecule has 0 bridgehead atoms. The maximum absolute atomic E-state index is 11.0. The molecule has 27 heavy (non-hydrogen) atoms. The van der Waals surface area contributed by atoms with E-state index in [0.717, 1.165) is 33.5 Å². The molecule has 1 amide bonds. The average Bonchev–Trinajstić information content (AvgIpc) is 3.17. The Hall–Kier alpha value is -2.61. The molecule has 1 fully saturated rings. The Kier molecular flexibility index (Phi) is 4.98. The molecule has 4 rings (SSSR count). The summed E-state index contributed by atoms with van der Waals surface area (Å²) >= 11 is 1.52. The third-order valence-electron chi connectivity index (χ3n) is 4.17. The summed E-state index contributed by atoms with van der Waals surface area (Å²) in [4.78, 5) is 15.6. The van der Waals surface area contributed by atoms with Crippen LogP contribution in [0.4, 0.5) is 0 Å². The second-order valence-corrected chi connectivity index (χ2v) is 7.88. The summed E-state index contributed by atoms with van der Waals surface area (Å²) in [5.74, 6) is 2.42. The molecule has 1 N–H and O–H groups in total. The van der Waals surface area contributed by atoms with Crippen molar-refractivity contribution in [3.05, 3.63) is 24.3 Å². The summed E-state index contributed by atoms with van der Waals surface area (Å²) in [5.41, 5.74) is 0.895. The summed E-state index contributed by atoms with van der Waals surface area (Å²) in [6.45, 7) is 4.43. The minimum atomic E-state index is -0.112. The van der Waals surface area contributed by atoms with Crippen molar-refractivity contribution in [3.8, 4) is 22.4 Å². The lowest BCUT2D eigenvalue weighted by atomic mass is 10.3. The Bertz CT molecular complexity index is 947. The van der Waals surface area contributed by atoms with E-state index >= 15 is 0 Å². The van der Waals surface area contributed by atoms with Crippen molar-refractivity contribution in [2.45, 2.75) is 32.7 Å². The van der Waals surface area contributed by atoms with Crippen molar-refractivity contribution >= 4 is 27.5 Å². The van der Waals surface area contributed by atoms with Crippen LogP contribution in [-0.2, 0) is 4.79 Å². The first kappa shape index (κ1) is 17.8. The highest BCUT2D eigenvalue weighted by atomic mass is 32.1. The molecular weight excluding hydrogens is 366 g/mol. The van der Waals surface area contributed by atoms with Crippen LogP contribution in [0.25, 0.3) is 21.0 Å². The van der Waals surface area contributed by atoms with E-state index in [0.29, 0.717) is 18.2 Å². The number of hydrogen-bond acceptors (Lipinski definition) is 7. The number of benzene rings is 1. The molecule has 8 heteroatoms. The minimum Gasteiger partial charge on any atom is -0.493 e. The quantitative estimate of drug-likeness (QED) is 0.635. The van der Waals surface area contributed by atoms with Crippen LogP contribution in [0.3, 0.4) is 0 Å². The van der Waals surface area contributed by atoms with E-state index in [2.05, 4.69) is 15.5 Å². The summed E-state index contributed by atoms with van der Waals surface area (Å²) in [6, 6.07) is 7.52. The highest BCUT2D eigenvalue weighted by Crippen LogP contribution is 2.34. The molecular formula is C19H21N3O4S. The number of nitrogens with zero attached hydrogens (tertiary/aromatic N) is 2. The number of fused-ring (bicyclic) bond motifs is 1. The van der Waals surface area contributed by atoms with E-state index in [-0.39, 0.29) is 11.9 Å². The molecule has 2 heterocycles. The summed E-state index contributed by atoms with van der Waals surface area (Å²) in [7, 11) is 0. The second kappa shape index (κ2) is 7.56. The second-order valence-electron chi connectivity index (χ2n) is 6.84. The van der Waals surface area contributed by atoms with Crippen molar-refractivity contribution in [1.29, 1.82) is 0 Å². The normalized spacial score (nSPS) is 14.9. The van der Waals surface area contributed by atoms with Gasteiger partial charge in [-0.25, -0.2) is 4.98 Å². The first-order valence-electron chi connectivity index (χ1n) is 8.97. The smallest absolute Gasteiger partial charge is 0.254 e. The molecule has 0 saturated heterocycles. The van der Waals surface area contributed by atoms with Gasteiger partial charge in [-0.1, -0.05) is 0 Å². The van der Waals surface area contributed by atoms with Crippen LogP contribution in [0.1, 0.15) is 26.7 Å². The number of carbonyl (C=O) groups is 1. The Morgan fingerprint density at radius 1 is 1.37 bits per heavy atom. The maximum atomic E-state index is 11.0. The number of hydrogen-bond donors (Lipinski definition) is 1. The summed E-state index contributed by atoms with van der Waals surface area (Å²) in [6.07, 6.45) is 2.54. The molecule has 1 aliphatic rings. The van der Waals surface area contributed by atoms with Crippen LogP contribution < -0.4 is 14.8 Å². The minimum absolute atomic E-state index is 0.0955. The third kappa shape index (κ3) is 4.57. The fraction of sp³-hybridized carbons (Fsp3) is 0.421. The van der Waals surface area contributed by atoms with Crippen LogP contribution in [0.15, 0.2) is 28.8 Å². The van der Waals surface area contributed by atoms with Crippen LogP contribution in [0.5, 0.6) is 11.6 Å². The molecule has 142 valence electrons. The van der Waals surface area contributed by atoms with Gasteiger partial charge in [-0.2, -0.15) is 0 Å². The molecule has 1 aromatic carbocycles. The van der Waals surface area contributed by atoms with Gasteiger partial charge in [0.05, 0.1) is 28.9 Å². The molecule has 0 radical (unpaired) electrons. The number of thiazole rings is 1. The lowest BCUT2D eigenvalue weighted by Crippen LogP contribution is -2.35. The predicted molar refractivity (Wildman–Crippen MR) is 102 cm³/mol. The Morgan fingerprint density at radius 3 is 3.00 bits per heavy atom. The first-order chi connectivity index (χ1) is 13.1. The van der Waals surface area contributed by atoms with Gasteiger partial charge in [0, 0.05) is 6.92 Å². The SMILES string of the molecule is CC(=O)N[C@@H](C)COc1cc(-c2nc3ccc(OCC4CC4)cc3s2)on1. The van der Waals surface area contributed by atoms with Crippen molar-refractivity contribution in [2.75, 3.05) is 13.2 Å². The summed E-state index contributed by atoms with van der Waals surface area (Å²) in [5, 5.41) is 7.41. The number of rotatable bonds is 8. The average molecular weight is 387 g/mol. The predicted octanol–water partition coefficient (Wildman–Crippen LogP) is 3.64. The largest absolute Gasteiger partial charge is 0.493 e. The lowest BCUT2D eigenvalue weighted by molar-refractivity contribution is -0.119. The van der Waals surface area contributed by atoms with Crippen molar-refractivity contribution in [2.24, 2.45) is 5.92 Å². The van der Waals surface area contributed by atoms with Gasteiger partial charge in [-0.15, -0.1) is 11.3 Å². The fourth-order valence-electron chi connectivity index (χ4n) is 2.63. The van der Waals surface area contributed by atoms with E-state index in [4.69, 9.17) is 14.0 Å². The zero-order valence-corrected chi connectivity index (χ0v) is 16.0. The van der Waals surface area contributed by atoms with E-state index in [1.807, 2.05) is 25.1 Å². The Labute approximate surface area is 160 Å². The molecule has 0 spiro atoms. The number of ether oxygens (including phenoxy) is 2. The fourth-order valence-corrected chi connectivity index (χ4v) is 3.57. The molecule has 3 aromatic rings. The van der Waals surface area contributed by atoms with Gasteiger partial charge in [-0.05, 0) is 49.0 Å². The van der Waals surface area contributed by atoms with Crippen molar-refractivity contribution in [1.82, 2.24) is 15.5 Å². The lowest BCUT2D eigenvalue weighted by Gasteiger charge is -2.11. The molecule has 1 saturated carbocycles. The topological polar surface area (TPSA) is 86.5 Å². The van der Waals surface area contributed by atoms with Crippen molar-refractivity contribution < 1.29 is 18.8 Å². The first-order valence-corrected chi connectivity index (χ1v) is 9.79. The van der Waals surface area contributed by atoms with Gasteiger partial charge in [0.15, 0.2) is 10.8 Å². The maximum Gasteiger partial charge on any atom is 0.254 e. The molecule has 0 aliphatic heterocycles. The molecule has 0 unspecified atom stereocenters. The monoisotopic (exact) mass is 387 g/mol. The number of amides is 1. The van der Waals surface area contributed by atoms with Crippen LogP contribution >= 0.6 is 11.3 Å². The van der Waals surface area contributed by atoms with Crippen LogP contribution in [0, 0.1) is 5.92 Å². The Morgan fingerprint density at radius 2 is 2.22 bits per heavy atom. The number of aromatic nitrogens is 2. The highest BCUT2D eigenvalue weighted by Gasteiger charge is 2.22. The highest BCUT2D eigenvalue weighted by molar-refractivity contribution is 7.21. The van der Waals surface area contributed by atoms with Crippen LogP contribution in [0.2, 0.25) is 0 Å². The van der Waals surface area contributed by atoms with E-state index in [1.54, 1.807) is 6.07 Å². The van der Waals surface area contributed by atoms with E-state index in [9.17, 15) is 4.79 Å². The summed E-state index contributed by atoms with van der Waals surface area (Å²) < 4.78 is 17.8. The van der Waals surface area contributed by atoms with Gasteiger partial charge >= 0.3 is 0 Å². The molecule has 2 aromatic heterocycles. The van der Waals surface area contributed by atoms with Gasteiger partial charge < -0.3 is 19.3 Å². The molecule has 7 nitrogen and oxygen atoms in total. The van der Waals surface area contributed by atoms with Gasteiger partial charge in [0.25, 0.3) is 5.88 Å². The van der Waals surface area contributed by atoms with E-state index in [1.165, 1.54) is 31.1 Å². The van der Waals surface area contributed by atoms with Crippen molar-refractivity contribution in [3.63, 3.8) is 0 Å². The zero-order valence-electron chi connectivity index (χ0n) is 15.2. The van der Waals surface area contributed by atoms with Gasteiger partial charge in [-0.3, -0.25) is 4.79 Å². The van der Waals surface area contributed by atoms with Gasteiger partial charge in [0.2, 0.25) is 5.91 Å². The third-order valence-corrected chi connectivity index (χ3v) is 5.21. The molecule has 1 aliphatic carbocycles. The standard InChI is InChI=1S/C19H21N3O4S/c1-11(20-12(2)23)9-25-18-8-16(26-22-18)19-21-15-6-5-14(7-17(15)27-19)24-10-13-3-4-13/h5-8,11,13H,3-4,9-10H2,1-2H3,(H,20,23)/t11-/m0/s1.